The average molecular weight is 213 g/mol. The van der Waals surface area contributed by atoms with Gasteiger partial charge in [-0.05, 0) is 13.3 Å². The van der Waals surface area contributed by atoms with Crippen LogP contribution in [0.5, 0.6) is 0 Å². The van der Waals surface area contributed by atoms with Crippen molar-refractivity contribution in [1.82, 2.24) is 9.88 Å². The molecule has 0 fully saturated rings. The highest BCUT2D eigenvalue weighted by atomic mass is 32.1. The Morgan fingerprint density at radius 1 is 1.64 bits per heavy atom. The van der Waals surface area contributed by atoms with Crippen molar-refractivity contribution in [1.29, 1.82) is 0 Å². The molecule has 0 aliphatic heterocycles. The number of carbonyl (C=O) groups is 1. The fraction of sp³-hybridized carbons (Fsp3) is 0.556. The van der Waals surface area contributed by atoms with Crippen molar-refractivity contribution >= 4 is 22.4 Å². The second kappa shape index (κ2) is 4.41. The molecular weight excluding hydrogens is 198 g/mol. The topological polar surface area (TPSA) is 59.2 Å². The van der Waals surface area contributed by atoms with Gasteiger partial charge in [0.05, 0.1) is 5.69 Å². The Labute approximate surface area is 87.7 Å². The second-order valence-electron chi connectivity index (χ2n) is 3.19. The lowest BCUT2D eigenvalue weighted by molar-refractivity contribution is 0.0799. The van der Waals surface area contributed by atoms with Gasteiger partial charge in [0.25, 0.3) is 5.91 Å². The number of nitrogens with zero attached hydrogens (tertiary/aromatic N) is 2. The molecular formula is C9H15N3OS. The molecule has 0 saturated carbocycles. The van der Waals surface area contributed by atoms with Gasteiger partial charge in [0, 0.05) is 13.6 Å². The van der Waals surface area contributed by atoms with E-state index >= 15 is 0 Å². The number of rotatable bonds is 3. The molecule has 1 rings (SSSR count). The Kier molecular flexibility index (Phi) is 3.46. The van der Waals surface area contributed by atoms with Crippen LogP contribution in [0.3, 0.4) is 0 Å². The molecule has 0 aromatic carbocycles. The molecule has 0 atom stereocenters. The lowest BCUT2D eigenvalue weighted by atomic mass is 10.3. The van der Waals surface area contributed by atoms with Crippen LogP contribution in [0.15, 0.2) is 0 Å². The minimum atomic E-state index is 0.0125. The van der Waals surface area contributed by atoms with Crippen molar-refractivity contribution < 1.29 is 4.79 Å². The normalized spacial score (nSPS) is 10.2. The van der Waals surface area contributed by atoms with Crippen LogP contribution in [0.4, 0.5) is 5.13 Å². The van der Waals surface area contributed by atoms with Crippen molar-refractivity contribution in [3.63, 3.8) is 0 Å². The summed E-state index contributed by atoms with van der Waals surface area (Å²) in [5, 5.41) is 0.454. The number of aryl methyl sites for hydroxylation is 1. The third kappa shape index (κ3) is 2.23. The van der Waals surface area contributed by atoms with E-state index in [1.165, 1.54) is 11.3 Å². The summed E-state index contributed by atoms with van der Waals surface area (Å²) >= 11 is 1.25. The SMILES string of the molecule is CCCN(C)C(=O)c1sc(N)nc1C. The molecule has 0 saturated heterocycles. The van der Waals surface area contributed by atoms with Crippen LogP contribution >= 0.6 is 11.3 Å². The molecule has 0 aliphatic carbocycles. The highest BCUT2D eigenvalue weighted by Crippen LogP contribution is 2.20. The number of thiazole rings is 1. The van der Waals surface area contributed by atoms with Crippen molar-refractivity contribution in [3.8, 4) is 0 Å². The van der Waals surface area contributed by atoms with Crippen LogP contribution in [0, 0.1) is 6.92 Å². The molecule has 14 heavy (non-hydrogen) atoms. The number of anilines is 1. The standard InChI is InChI=1S/C9H15N3OS/c1-4-5-12(3)8(13)7-6(2)11-9(10)14-7/h4-5H2,1-3H3,(H2,10,11). The molecule has 1 aromatic heterocycles. The van der Waals surface area contributed by atoms with Gasteiger partial charge in [-0.25, -0.2) is 4.98 Å². The summed E-state index contributed by atoms with van der Waals surface area (Å²) < 4.78 is 0. The molecule has 1 heterocycles. The van der Waals surface area contributed by atoms with Gasteiger partial charge < -0.3 is 10.6 Å². The zero-order valence-electron chi connectivity index (χ0n) is 8.70. The van der Waals surface area contributed by atoms with E-state index in [-0.39, 0.29) is 5.91 Å². The number of carbonyl (C=O) groups excluding carboxylic acids is 1. The monoisotopic (exact) mass is 213 g/mol. The maximum Gasteiger partial charge on any atom is 0.265 e. The summed E-state index contributed by atoms with van der Waals surface area (Å²) in [6.45, 7) is 4.60. The predicted molar refractivity (Wildman–Crippen MR) is 58.5 cm³/mol. The Morgan fingerprint density at radius 2 is 2.29 bits per heavy atom. The second-order valence-corrected chi connectivity index (χ2v) is 4.22. The van der Waals surface area contributed by atoms with Crippen LogP contribution in [0.25, 0.3) is 0 Å². The minimum absolute atomic E-state index is 0.0125. The first-order valence-electron chi connectivity index (χ1n) is 4.54. The average Bonchev–Trinajstić information content (AvgIpc) is 2.44. The summed E-state index contributed by atoms with van der Waals surface area (Å²) in [5.74, 6) is 0.0125. The number of nitrogen functional groups attached to an aromatic ring is 1. The summed E-state index contributed by atoms with van der Waals surface area (Å²) in [4.78, 5) is 18.2. The van der Waals surface area contributed by atoms with E-state index in [0.29, 0.717) is 10.0 Å². The van der Waals surface area contributed by atoms with E-state index in [2.05, 4.69) is 4.98 Å². The molecule has 1 aromatic rings. The highest BCUT2D eigenvalue weighted by Gasteiger charge is 2.17. The number of aromatic nitrogens is 1. The number of amides is 1. The quantitative estimate of drug-likeness (QED) is 0.828. The largest absolute Gasteiger partial charge is 0.375 e. The van der Waals surface area contributed by atoms with Gasteiger partial charge in [-0.15, -0.1) is 0 Å². The van der Waals surface area contributed by atoms with Gasteiger partial charge in [0.1, 0.15) is 4.88 Å². The molecule has 78 valence electrons. The summed E-state index contributed by atoms with van der Waals surface area (Å²) in [7, 11) is 1.79. The lowest BCUT2D eigenvalue weighted by Crippen LogP contribution is -2.27. The van der Waals surface area contributed by atoms with E-state index < -0.39 is 0 Å². The Bertz CT molecular complexity index is 335. The fourth-order valence-electron chi connectivity index (χ4n) is 1.23. The molecule has 4 nitrogen and oxygen atoms in total. The molecule has 0 unspecified atom stereocenters. The van der Waals surface area contributed by atoms with Crippen LogP contribution in [-0.4, -0.2) is 29.4 Å². The maximum atomic E-state index is 11.8. The number of hydrogen-bond acceptors (Lipinski definition) is 4. The first kappa shape index (κ1) is 11.0. The van der Waals surface area contributed by atoms with Gasteiger partial charge in [0.2, 0.25) is 0 Å². The zero-order valence-corrected chi connectivity index (χ0v) is 9.52. The van der Waals surface area contributed by atoms with Crippen LogP contribution in [0.2, 0.25) is 0 Å². The smallest absolute Gasteiger partial charge is 0.265 e. The minimum Gasteiger partial charge on any atom is -0.375 e. The van der Waals surface area contributed by atoms with Gasteiger partial charge in [-0.2, -0.15) is 0 Å². The van der Waals surface area contributed by atoms with Crippen molar-refractivity contribution in [2.75, 3.05) is 19.3 Å². The van der Waals surface area contributed by atoms with E-state index in [9.17, 15) is 4.79 Å². The van der Waals surface area contributed by atoms with Crippen LogP contribution in [0.1, 0.15) is 28.7 Å². The Morgan fingerprint density at radius 3 is 2.71 bits per heavy atom. The van der Waals surface area contributed by atoms with Gasteiger partial charge in [0.15, 0.2) is 5.13 Å². The van der Waals surface area contributed by atoms with Crippen molar-refractivity contribution in [2.24, 2.45) is 0 Å². The predicted octanol–water partition coefficient (Wildman–Crippen LogP) is 1.52. The summed E-state index contributed by atoms with van der Waals surface area (Å²) in [6.07, 6.45) is 0.954. The van der Waals surface area contributed by atoms with E-state index in [1.807, 2.05) is 6.92 Å². The van der Waals surface area contributed by atoms with E-state index in [1.54, 1.807) is 18.9 Å². The maximum absolute atomic E-state index is 11.8. The summed E-state index contributed by atoms with van der Waals surface area (Å²) in [5.41, 5.74) is 6.25. The van der Waals surface area contributed by atoms with Crippen LogP contribution < -0.4 is 5.73 Å². The first-order valence-corrected chi connectivity index (χ1v) is 5.36. The lowest BCUT2D eigenvalue weighted by Gasteiger charge is -2.14. The molecule has 0 aliphatic rings. The van der Waals surface area contributed by atoms with Gasteiger partial charge in [-0.1, -0.05) is 18.3 Å². The van der Waals surface area contributed by atoms with Gasteiger partial charge >= 0.3 is 0 Å². The van der Waals surface area contributed by atoms with Crippen molar-refractivity contribution in [3.05, 3.63) is 10.6 Å². The van der Waals surface area contributed by atoms with Gasteiger partial charge in [-0.3, -0.25) is 4.79 Å². The Hall–Kier alpha value is -1.10. The number of nitrogens with two attached hydrogens (primary N) is 1. The molecule has 0 radical (unpaired) electrons. The van der Waals surface area contributed by atoms with E-state index in [4.69, 9.17) is 5.73 Å². The molecule has 5 heteroatoms. The fourth-order valence-corrected chi connectivity index (χ4v) is 2.05. The molecule has 0 spiro atoms. The highest BCUT2D eigenvalue weighted by molar-refractivity contribution is 7.17. The molecule has 0 bridgehead atoms. The first-order chi connectivity index (χ1) is 6.56. The molecule has 1 amide bonds. The van der Waals surface area contributed by atoms with E-state index in [0.717, 1.165) is 18.7 Å². The third-order valence-electron chi connectivity index (χ3n) is 1.91. The summed E-state index contributed by atoms with van der Waals surface area (Å²) in [6, 6.07) is 0. The zero-order chi connectivity index (χ0) is 10.7. The van der Waals surface area contributed by atoms with Crippen LogP contribution in [-0.2, 0) is 0 Å². The third-order valence-corrected chi connectivity index (χ3v) is 2.89. The Balaban J connectivity index is 2.83. The molecule has 2 N–H and O–H groups in total. The number of hydrogen-bond donors (Lipinski definition) is 1. The van der Waals surface area contributed by atoms with Crippen molar-refractivity contribution in [2.45, 2.75) is 20.3 Å².